The number of carbonyl (C=O) groups is 1. The molecule has 0 bridgehead atoms. The van der Waals surface area contributed by atoms with Gasteiger partial charge in [-0.25, -0.2) is 9.78 Å². The molecule has 9 heteroatoms. The minimum Gasteiger partial charge on any atom is -0.495 e. The third kappa shape index (κ3) is 3.62. The van der Waals surface area contributed by atoms with Crippen molar-refractivity contribution in [3.05, 3.63) is 36.3 Å². The van der Waals surface area contributed by atoms with Gasteiger partial charge in [0, 0.05) is 12.2 Å². The Labute approximate surface area is 133 Å². The van der Waals surface area contributed by atoms with E-state index < -0.39 is 16.0 Å². The second-order valence-corrected chi connectivity index (χ2v) is 6.71. The lowest BCUT2D eigenvalue weighted by molar-refractivity contribution is 0.0697. The number of hydrogen-bond donors (Lipinski definition) is 2. The van der Waals surface area contributed by atoms with Gasteiger partial charge in [-0.2, -0.15) is 8.42 Å². The average molecular weight is 339 g/mol. The summed E-state index contributed by atoms with van der Waals surface area (Å²) in [4.78, 5) is 14.9. The topological polar surface area (TPSA) is 111 Å². The molecule has 2 aromatic rings. The second kappa shape index (κ2) is 6.29. The number of methoxy groups -OCH3 is 1. The number of carboxylic acid groups (broad SMARTS) is 1. The van der Waals surface area contributed by atoms with Crippen molar-refractivity contribution in [2.75, 3.05) is 11.8 Å². The van der Waals surface area contributed by atoms with Crippen molar-refractivity contribution in [3.63, 3.8) is 0 Å². The Morgan fingerprint density at radius 3 is 2.61 bits per heavy atom. The summed E-state index contributed by atoms with van der Waals surface area (Å²) in [6.07, 6.45) is 2.82. The van der Waals surface area contributed by atoms with E-state index in [0.717, 1.165) is 0 Å². The van der Waals surface area contributed by atoms with Crippen LogP contribution in [0.2, 0.25) is 0 Å². The molecule has 0 saturated carbocycles. The lowest BCUT2D eigenvalue weighted by Crippen LogP contribution is -2.14. The predicted octanol–water partition coefficient (Wildman–Crippen LogP) is 1.97. The van der Waals surface area contributed by atoms with Crippen LogP contribution in [-0.2, 0) is 10.0 Å². The lowest BCUT2D eigenvalue weighted by Gasteiger charge is -2.11. The molecular formula is C14H17N3O5S. The molecular weight excluding hydrogens is 322 g/mol. The van der Waals surface area contributed by atoms with Gasteiger partial charge in [0.15, 0.2) is 5.03 Å². The summed E-state index contributed by atoms with van der Waals surface area (Å²) in [5.74, 6) is -0.959. The van der Waals surface area contributed by atoms with Crippen LogP contribution in [-0.4, -0.2) is 36.2 Å². The number of hydrogen-bond acceptors (Lipinski definition) is 5. The Kier molecular flexibility index (Phi) is 4.60. The molecule has 0 aliphatic rings. The van der Waals surface area contributed by atoms with Gasteiger partial charge in [-0.15, -0.1) is 0 Å². The van der Waals surface area contributed by atoms with Crippen molar-refractivity contribution < 1.29 is 23.1 Å². The molecule has 0 unspecified atom stereocenters. The highest BCUT2D eigenvalue weighted by molar-refractivity contribution is 7.92. The van der Waals surface area contributed by atoms with Gasteiger partial charge >= 0.3 is 5.97 Å². The lowest BCUT2D eigenvalue weighted by atomic mass is 10.2. The molecule has 1 aromatic heterocycles. The smallest absolute Gasteiger partial charge is 0.335 e. The molecule has 0 aliphatic carbocycles. The number of sulfonamides is 1. The third-order valence-electron chi connectivity index (χ3n) is 3.14. The number of imidazole rings is 1. The zero-order valence-electron chi connectivity index (χ0n) is 12.8. The maximum Gasteiger partial charge on any atom is 0.335 e. The van der Waals surface area contributed by atoms with Gasteiger partial charge < -0.3 is 14.4 Å². The summed E-state index contributed by atoms with van der Waals surface area (Å²) >= 11 is 0. The first-order chi connectivity index (χ1) is 10.7. The van der Waals surface area contributed by atoms with E-state index in [1.165, 1.54) is 37.8 Å². The van der Waals surface area contributed by atoms with Crippen LogP contribution in [0.25, 0.3) is 0 Å². The first-order valence-corrected chi connectivity index (χ1v) is 8.20. The summed E-state index contributed by atoms with van der Waals surface area (Å²) in [6.45, 7) is 3.79. The van der Waals surface area contributed by atoms with E-state index in [1.807, 2.05) is 13.8 Å². The van der Waals surface area contributed by atoms with Gasteiger partial charge in [-0.3, -0.25) is 4.72 Å². The zero-order valence-corrected chi connectivity index (χ0v) is 13.7. The van der Waals surface area contributed by atoms with Crippen LogP contribution >= 0.6 is 0 Å². The van der Waals surface area contributed by atoms with Gasteiger partial charge in [-0.05, 0) is 32.0 Å². The standard InChI is InChI=1S/C14H17N3O5S/c1-9(2)17-7-13(15-8-17)23(20,21)16-11-6-10(14(18)19)4-5-12(11)22-3/h4-9,16H,1-3H3,(H,18,19). The van der Waals surface area contributed by atoms with Crippen LogP contribution in [0.4, 0.5) is 5.69 Å². The molecule has 1 aromatic carbocycles. The SMILES string of the molecule is COc1ccc(C(=O)O)cc1NS(=O)(=O)c1cn(C(C)C)cn1. The van der Waals surface area contributed by atoms with E-state index in [1.54, 1.807) is 4.57 Å². The number of nitrogens with zero attached hydrogens (tertiary/aromatic N) is 2. The monoisotopic (exact) mass is 339 g/mol. The summed E-state index contributed by atoms with van der Waals surface area (Å²) in [5.41, 5.74) is -0.0253. The number of carboxylic acids is 1. The summed E-state index contributed by atoms with van der Waals surface area (Å²) in [7, 11) is -2.59. The number of ether oxygens (including phenoxy) is 1. The van der Waals surface area contributed by atoms with E-state index in [4.69, 9.17) is 9.84 Å². The molecule has 8 nitrogen and oxygen atoms in total. The highest BCUT2D eigenvalue weighted by Gasteiger charge is 2.21. The summed E-state index contributed by atoms with van der Waals surface area (Å²) in [5, 5.41) is 8.86. The van der Waals surface area contributed by atoms with Gasteiger partial charge in [0.1, 0.15) is 5.75 Å². The van der Waals surface area contributed by atoms with Crippen molar-refractivity contribution in [2.24, 2.45) is 0 Å². The van der Waals surface area contributed by atoms with E-state index in [2.05, 4.69) is 9.71 Å². The van der Waals surface area contributed by atoms with Gasteiger partial charge in [0.05, 0.1) is 24.7 Å². The van der Waals surface area contributed by atoms with E-state index >= 15 is 0 Å². The second-order valence-electron chi connectivity index (χ2n) is 5.08. The molecule has 0 spiro atoms. The Morgan fingerprint density at radius 2 is 2.09 bits per heavy atom. The van der Waals surface area contributed by atoms with Crippen LogP contribution in [0.1, 0.15) is 30.2 Å². The highest BCUT2D eigenvalue weighted by atomic mass is 32.2. The highest BCUT2D eigenvalue weighted by Crippen LogP contribution is 2.28. The van der Waals surface area contributed by atoms with Gasteiger partial charge in [0.2, 0.25) is 0 Å². The molecule has 0 radical (unpaired) electrons. The molecule has 124 valence electrons. The maximum absolute atomic E-state index is 12.4. The Bertz CT molecular complexity index is 827. The number of aromatic nitrogens is 2. The van der Waals surface area contributed by atoms with Gasteiger partial charge in [-0.1, -0.05) is 0 Å². The van der Waals surface area contributed by atoms with Crippen LogP contribution in [0.3, 0.4) is 0 Å². The number of rotatable bonds is 6. The van der Waals surface area contributed by atoms with Gasteiger partial charge in [0.25, 0.3) is 10.0 Å². The third-order valence-corrected chi connectivity index (χ3v) is 4.39. The molecule has 0 aliphatic heterocycles. The average Bonchev–Trinajstić information content (AvgIpc) is 2.97. The first kappa shape index (κ1) is 16.8. The van der Waals surface area contributed by atoms with Crippen molar-refractivity contribution in [1.82, 2.24) is 9.55 Å². The van der Waals surface area contributed by atoms with E-state index in [9.17, 15) is 13.2 Å². The fraction of sp³-hybridized carbons (Fsp3) is 0.286. The molecule has 2 rings (SSSR count). The van der Waals surface area contributed by atoms with Crippen molar-refractivity contribution in [2.45, 2.75) is 24.9 Å². The Morgan fingerprint density at radius 1 is 1.39 bits per heavy atom. The van der Waals surface area contributed by atoms with Crippen LogP contribution < -0.4 is 9.46 Å². The molecule has 0 atom stereocenters. The quantitative estimate of drug-likeness (QED) is 0.832. The number of nitrogens with one attached hydrogen (secondary N) is 1. The number of benzene rings is 1. The Balaban J connectivity index is 2.39. The first-order valence-electron chi connectivity index (χ1n) is 6.72. The molecule has 0 saturated heterocycles. The predicted molar refractivity (Wildman–Crippen MR) is 83.4 cm³/mol. The van der Waals surface area contributed by atoms with Crippen molar-refractivity contribution >= 4 is 21.7 Å². The zero-order chi connectivity index (χ0) is 17.2. The van der Waals surface area contributed by atoms with E-state index in [0.29, 0.717) is 0 Å². The molecule has 0 amide bonds. The maximum atomic E-state index is 12.4. The van der Waals surface area contributed by atoms with Crippen LogP contribution in [0.15, 0.2) is 35.7 Å². The van der Waals surface area contributed by atoms with E-state index in [-0.39, 0.29) is 28.1 Å². The summed E-state index contributed by atoms with van der Waals surface area (Å²) in [6, 6.07) is 3.97. The number of aromatic carboxylic acids is 1. The fourth-order valence-corrected chi connectivity index (χ4v) is 2.86. The number of anilines is 1. The normalized spacial score (nSPS) is 11.5. The molecule has 1 heterocycles. The largest absolute Gasteiger partial charge is 0.495 e. The van der Waals surface area contributed by atoms with Crippen molar-refractivity contribution in [1.29, 1.82) is 0 Å². The minimum absolute atomic E-state index is 0.0338. The van der Waals surface area contributed by atoms with Crippen LogP contribution in [0.5, 0.6) is 5.75 Å². The minimum atomic E-state index is -3.96. The molecule has 0 fully saturated rings. The van der Waals surface area contributed by atoms with Crippen LogP contribution in [0, 0.1) is 0 Å². The Hall–Kier alpha value is -2.55. The molecule has 23 heavy (non-hydrogen) atoms. The molecule has 2 N–H and O–H groups in total. The fourth-order valence-electron chi connectivity index (χ4n) is 1.86. The van der Waals surface area contributed by atoms with Crippen molar-refractivity contribution in [3.8, 4) is 5.75 Å². The summed E-state index contributed by atoms with van der Waals surface area (Å²) < 4.78 is 33.8.